The van der Waals surface area contributed by atoms with E-state index in [-0.39, 0.29) is 11.9 Å². The van der Waals surface area contributed by atoms with Gasteiger partial charge in [-0.05, 0) is 30.9 Å². The summed E-state index contributed by atoms with van der Waals surface area (Å²) in [6.45, 7) is 4.05. The monoisotopic (exact) mass is 312 g/mol. The quantitative estimate of drug-likeness (QED) is 0.923. The lowest BCUT2D eigenvalue weighted by molar-refractivity contribution is 0.152. The number of rotatable bonds is 3. The van der Waals surface area contributed by atoms with Gasteiger partial charge in [0.15, 0.2) is 0 Å². The minimum atomic E-state index is -0.0696. The molecule has 98 valence electrons. The molecule has 1 saturated carbocycles. The third kappa shape index (κ3) is 2.46. The third-order valence-electron chi connectivity index (χ3n) is 3.91. The van der Waals surface area contributed by atoms with Crippen LogP contribution < -0.4 is 5.32 Å². The Morgan fingerprint density at radius 1 is 1.28 bits per heavy atom. The van der Waals surface area contributed by atoms with Gasteiger partial charge in [-0.15, -0.1) is 0 Å². The van der Waals surface area contributed by atoms with Crippen molar-refractivity contribution >= 4 is 15.9 Å². The zero-order chi connectivity index (χ0) is 12.5. The molecule has 1 aliphatic carbocycles. The first-order valence-corrected chi connectivity index (χ1v) is 7.45. The number of halogens is 2. The molecule has 0 aromatic heterocycles. The standard InChI is InChI=1S/C14H18BrFN2/c15-11-2-1-3-12(16)13(11)14(10-4-5-10)18-8-6-17-7-9-18/h1-3,10,14,17H,4-9H2/t14-/m1/s1. The molecule has 0 bridgehead atoms. The van der Waals surface area contributed by atoms with Crippen LogP contribution in [0, 0.1) is 11.7 Å². The molecule has 2 nitrogen and oxygen atoms in total. The van der Waals surface area contributed by atoms with Gasteiger partial charge in [0.2, 0.25) is 0 Å². The van der Waals surface area contributed by atoms with Crippen molar-refractivity contribution in [3.8, 4) is 0 Å². The largest absolute Gasteiger partial charge is 0.314 e. The predicted molar refractivity (Wildman–Crippen MR) is 74.0 cm³/mol. The van der Waals surface area contributed by atoms with Gasteiger partial charge in [0, 0.05) is 42.3 Å². The summed E-state index contributed by atoms with van der Waals surface area (Å²) in [4.78, 5) is 2.44. The predicted octanol–water partition coefficient (Wildman–Crippen LogP) is 2.94. The Morgan fingerprint density at radius 2 is 2.00 bits per heavy atom. The Labute approximate surface area is 116 Å². The number of nitrogens with zero attached hydrogens (tertiary/aromatic N) is 1. The third-order valence-corrected chi connectivity index (χ3v) is 4.60. The van der Waals surface area contributed by atoms with Gasteiger partial charge in [0.25, 0.3) is 0 Å². The van der Waals surface area contributed by atoms with Crippen molar-refractivity contribution in [3.05, 3.63) is 34.1 Å². The van der Waals surface area contributed by atoms with Crippen molar-refractivity contribution in [1.29, 1.82) is 0 Å². The molecule has 0 radical (unpaired) electrons. The van der Waals surface area contributed by atoms with Crippen molar-refractivity contribution < 1.29 is 4.39 Å². The van der Waals surface area contributed by atoms with Gasteiger partial charge in [-0.1, -0.05) is 22.0 Å². The van der Waals surface area contributed by atoms with E-state index in [2.05, 4.69) is 26.1 Å². The van der Waals surface area contributed by atoms with Gasteiger partial charge in [-0.2, -0.15) is 0 Å². The van der Waals surface area contributed by atoms with Crippen LogP contribution in [0.2, 0.25) is 0 Å². The maximum absolute atomic E-state index is 14.2. The van der Waals surface area contributed by atoms with Crippen LogP contribution >= 0.6 is 15.9 Å². The number of benzene rings is 1. The van der Waals surface area contributed by atoms with Crippen LogP contribution in [0.15, 0.2) is 22.7 Å². The molecule has 2 aliphatic rings. The first-order chi connectivity index (χ1) is 8.77. The summed E-state index contributed by atoms with van der Waals surface area (Å²) in [5.41, 5.74) is 0.863. The average Bonchev–Trinajstić information content (AvgIpc) is 3.19. The number of hydrogen-bond acceptors (Lipinski definition) is 2. The maximum atomic E-state index is 14.2. The summed E-state index contributed by atoms with van der Waals surface area (Å²) in [6.07, 6.45) is 2.46. The number of piperazine rings is 1. The highest BCUT2D eigenvalue weighted by Crippen LogP contribution is 2.47. The SMILES string of the molecule is Fc1cccc(Br)c1[C@@H](C1CC1)N1CCNCC1. The Balaban J connectivity index is 1.93. The van der Waals surface area contributed by atoms with E-state index < -0.39 is 0 Å². The second-order valence-corrected chi connectivity index (χ2v) is 6.06. The molecule has 1 N–H and O–H groups in total. The summed E-state index contributed by atoms with van der Waals surface area (Å²) in [7, 11) is 0. The van der Waals surface area contributed by atoms with Crippen molar-refractivity contribution in [1.82, 2.24) is 10.2 Å². The zero-order valence-corrected chi connectivity index (χ0v) is 11.9. The van der Waals surface area contributed by atoms with E-state index in [1.165, 1.54) is 12.8 Å². The molecule has 0 spiro atoms. The lowest BCUT2D eigenvalue weighted by atomic mass is 9.99. The van der Waals surface area contributed by atoms with Crippen LogP contribution in [-0.4, -0.2) is 31.1 Å². The number of hydrogen-bond donors (Lipinski definition) is 1. The van der Waals surface area contributed by atoms with Crippen LogP contribution in [-0.2, 0) is 0 Å². The molecule has 1 aromatic carbocycles. The van der Waals surface area contributed by atoms with Crippen LogP contribution in [0.25, 0.3) is 0 Å². The van der Waals surface area contributed by atoms with E-state index in [1.54, 1.807) is 12.1 Å². The van der Waals surface area contributed by atoms with Gasteiger partial charge >= 0.3 is 0 Å². The minimum Gasteiger partial charge on any atom is -0.314 e. The van der Waals surface area contributed by atoms with Crippen LogP contribution in [0.4, 0.5) is 4.39 Å². The fraction of sp³-hybridized carbons (Fsp3) is 0.571. The molecule has 1 aliphatic heterocycles. The Bertz CT molecular complexity index is 408. The molecule has 18 heavy (non-hydrogen) atoms. The van der Waals surface area contributed by atoms with Crippen LogP contribution in [0.1, 0.15) is 24.4 Å². The molecular formula is C14H18BrFN2. The number of nitrogens with one attached hydrogen (secondary N) is 1. The van der Waals surface area contributed by atoms with Crippen molar-refractivity contribution in [2.75, 3.05) is 26.2 Å². The summed E-state index contributed by atoms with van der Waals surface area (Å²) in [5.74, 6) is 0.566. The molecule has 4 heteroatoms. The summed E-state index contributed by atoms with van der Waals surface area (Å²) < 4.78 is 15.1. The second kappa shape index (κ2) is 5.27. The summed E-state index contributed by atoms with van der Waals surface area (Å²) in [5, 5.41) is 3.36. The van der Waals surface area contributed by atoms with Gasteiger partial charge in [0.05, 0.1) is 0 Å². The van der Waals surface area contributed by atoms with E-state index in [1.807, 2.05) is 6.07 Å². The van der Waals surface area contributed by atoms with E-state index in [0.717, 1.165) is 36.2 Å². The first kappa shape index (κ1) is 12.6. The fourth-order valence-corrected chi connectivity index (χ4v) is 3.46. The van der Waals surface area contributed by atoms with Crippen molar-refractivity contribution in [2.45, 2.75) is 18.9 Å². The lowest BCUT2D eigenvalue weighted by Crippen LogP contribution is -2.46. The maximum Gasteiger partial charge on any atom is 0.129 e. The Hall–Kier alpha value is -0.450. The molecule has 0 unspecified atom stereocenters. The lowest BCUT2D eigenvalue weighted by Gasteiger charge is -2.36. The van der Waals surface area contributed by atoms with E-state index in [4.69, 9.17) is 0 Å². The average molecular weight is 313 g/mol. The van der Waals surface area contributed by atoms with E-state index >= 15 is 0 Å². The van der Waals surface area contributed by atoms with Crippen molar-refractivity contribution in [2.24, 2.45) is 5.92 Å². The Kier molecular flexibility index (Phi) is 3.68. The van der Waals surface area contributed by atoms with Gasteiger partial charge in [-0.3, -0.25) is 4.90 Å². The molecule has 1 aromatic rings. The molecule has 1 atom stereocenters. The molecule has 1 heterocycles. The fourth-order valence-electron chi connectivity index (χ4n) is 2.88. The van der Waals surface area contributed by atoms with Crippen LogP contribution in [0.5, 0.6) is 0 Å². The molecule has 1 saturated heterocycles. The summed E-state index contributed by atoms with van der Waals surface area (Å²) >= 11 is 3.53. The second-order valence-electron chi connectivity index (χ2n) is 5.20. The minimum absolute atomic E-state index is 0.0696. The van der Waals surface area contributed by atoms with E-state index in [9.17, 15) is 4.39 Å². The van der Waals surface area contributed by atoms with Crippen LogP contribution in [0.3, 0.4) is 0 Å². The molecule has 3 rings (SSSR count). The topological polar surface area (TPSA) is 15.3 Å². The van der Waals surface area contributed by atoms with Gasteiger partial charge in [0.1, 0.15) is 5.82 Å². The highest BCUT2D eigenvalue weighted by atomic mass is 79.9. The highest BCUT2D eigenvalue weighted by molar-refractivity contribution is 9.10. The van der Waals surface area contributed by atoms with Crippen molar-refractivity contribution in [3.63, 3.8) is 0 Å². The zero-order valence-electron chi connectivity index (χ0n) is 10.3. The van der Waals surface area contributed by atoms with Gasteiger partial charge < -0.3 is 5.32 Å². The van der Waals surface area contributed by atoms with Gasteiger partial charge in [-0.25, -0.2) is 4.39 Å². The molecule has 0 amide bonds. The highest BCUT2D eigenvalue weighted by Gasteiger charge is 2.38. The normalized spacial score (nSPS) is 23.0. The van der Waals surface area contributed by atoms with E-state index in [0.29, 0.717) is 5.92 Å². The molecule has 2 fully saturated rings. The first-order valence-electron chi connectivity index (χ1n) is 6.66. The summed E-state index contributed by atoms with van der Waals surface area (Å²) in [6, 6.07) is 5.56. The molecular weight excluding hydrogens is 295 g/mol. The smallest absolute Gasteiger partial charge is 0.129 e. The Morgan fingerprint density at radius 3 is 2.61 bits per heavy atom.